The Morgan fingerprint density at radius 2 is 2.17 bits per heavy atom. The lowest BCUT2D eigenvalue weighted by molar-refractivity contribution is 0.0256. The molecule has 1 aliphatic heterocycles. The predicted octanol–water partition coefficient (Wildman–Crippen LogP) is 4.19. The number of rotatable bonds is 4. The Kier molecular flexibility index (Phi) is 6.48. The van der Waals surface area contributed by atoms with Gasteiger partial charge < -0.3 is 15.0 Å². The van der Waals surface area contributed by atoms with Crippen molar-refractivity contribution in [2.45, 2.75) is 71.6 Å². The zero-order valence-electron chi connectivity index (χ0n) is 14.9. The molecule has 5 heteroatoms. The Morgan fingerprint density at radius 3 is 2.87 bits per heavy atom. The Balaban J connectivity index is 1.81. The molecule has 1 unspecified atom stereocenters. The summed E-state index contributed by atoms with van der Waals surface area (Å²) in [5.74, 6) is 0. The van der Waals surface area contributed by atoms with Gasteiger partial charge in [0.15, 0.2) is 0 Å². The van der Waals surface area contributed by atoms with Crippen molar-refractivity contribution in [1.29, 1.82) is 0 Å². The first-order chi connectivity index (χ1) is 10.9. The molecule has 130 valence electrons. The fourth-order valence-corrected chi connectivity index (χ4v) is 3.81. The van der Waals surface area contributed by atoms with Gasteiger partial charge >= 0.3 is 6.09 Å². The number of amides is 1. The van der Waals surface area contributed by atoms with E-state index in [2.05, 4.69) is 23.7 Å². The van der Waals surface area contributed by atoms with Crippen LogP contribution in [0.3, 0.4) is 0 Å². The maximum Gasteiger partial charge on any atom is 0.410 e. The first-order valence-corrected chi connectivity index (χ1v) is 9.53. The van der Waals surface area contributed by atoms with E-state index in [9.17, 15) is 4.79 Å². The standard InChI is InChI=1S/C18H30N2O2S/c1-5-14-9-12-23-16(14)13-19-15-7-6-10-20(11-8-15)17(21)22-18(2,3)4/h9,12,15,19H,5-8,10-11,13H2,1-4H3. The molecule has 1 aromatic heterocycles. The van der Waals surface area contributed by atoms with Gasteiger partial charge in [-0.15, -0.1) is 11.3 Å². The number of ether oxygens (including phenoxy) is 1. The molecule has 1 fully saturated rings. The Morgan fingerprint density at radius 1 is 1.39 bits per heavy atom. The first kappa shape index (κ1) is 18.3. The normalized spacial score (nSPS) is 19.5. The van der Waals surface area contributed by atoms with E-state index in [1.165, 1.54) is 10.4 Å². The van der Waals surface area contributed by atoms with E-state index in [4.69, 9.17) is 4.74 Å². The smallest absolute Gasteiger partial charge is 0.410 e. The average Bonchev–Trinajstić information content (AvgIpc) is 2.79. The van der Waals surface area contributed by atoms with Gasteiger partial charge in [0.25, 0.3) is 0 Å². The Labute approximate surface area is 144 Å². The molecule has 0 bridgehead atoms. The van der Waals surface area contributed by atoms with Crippen molar-refractivity contribution in [3.63, 3.8) is 0 Å². The van der Waals surface area contributed by atoms with Crippen molar-refractivity contribution in [3.05, 3.63) is 21.9 Å². The minimum Gasteiger partial charge on any atom is -0.444 e. The second-order valence-corrected chi connectivity index (χ2v) is 8.20. The SMILES string of the molecule is CCc1ccsc1CNC1CCCN(C(=O)OC(C)(C)C)CC1. The number of hydrogen-bond donors (Lipinski definition) is 1. The number of nitrogens with zero attached hydrogens (tertiary/aromatic N) is 1. The van der Waals surface area contributed by atoms with Crippen molar-refractivity contribution >= 4 is 17.4 Å². The highest BCUT2D eigenvalue weighted by Crippen LogP contribution is 2.19. The molecule has 1 aliphatic rings. The minimum atomic E-state index is -0.420. The minimum absolute atomic E-state index is 0.176. The quantitative estimate of drug-likeness (QED) is 0.895. The van der Waals surface area contributed by atoms with E-state index < -0.39 is 5.60 Å². The topological polar surface area (TPSA) is 41.6 Å². The fraction of sp³-hybridized carbons (Fsp3) is 0.722. The third-order valence-electron chi connectivity index (χ3n) is 4.15. The summed E-state index contributed by atoms with van der Waals surface area (Å²) >= 11 is 1.83. The summed E-state index contributed by atoms with van der Waals surface area (Å²) in [5.41, 5.74) is 1.03. The summed E-state index contributed by atoms with van der Waals surface area (Å²) in [5, 5.41) is 5.85. The number of carbonyl (C=O) groups is 1. The van der Waals surface area contributed by atoms with Crippen LogP contribution in [0.15, 0.2) is 11.4 Å². The highest BCUT2D eigenvalue weighted by molar-refractivity contribution is 7.10. The molecule has 23 heavy (non-hydrogen) atoms. The van der Waals surface area contributed by atoms with Crippen molar-refractivity contribution in [1.82, 2.24) is 10.2 Å². The van der Waals surface area contributed by atoms with Crippen LogP contribution in [0, 0.1) is 0 Å². The molecule has 0 radical (unpaired) electrons. The van der Waals surface area contributed by atoms with E-state index in [1.54, 1.807) is 0 Å². The summed E-state index contributed by atoms with van der Waals surface area (Å²) in [4.78, 5) is 15.5. The van der Waals surface area contributed by atoms with Crippen LogP contribution in [0.4, 0.5) is 4.79 Å². The zero-order chi connectivity index (χ0) is 16.9. The lowest BCUT2D eigenvalue weighted by Crippen LogP contribution is -2.38. The van der Waals surface area contributed by atoms with Gasteiger partial charge in [-0.25, -0.2) is 4.79 Å². The highest BCUT2D eigenvalue weighted by Gasteiger charge is 2.25. The number of carbonyl (C=O) groups excluding carboxylic acids is 1. The van der Waals surface area contributed by atoms with Gasteiger partial charge in [0.05, 0.1) is 0 Å². The lowest BCUT2D eigenvalue weighted by atomic mass is 10.1. The summed E-state index contributed by atoms with van der Waals surface area (Å²) in [6, 6.07) is 2.70. The average molecular weight is 339 g/mol. The maximum atomic E-state index is 12.2. The molecule has 0 aliphatic carbocycles. The van der Waals surface area contributed by atoms with E-state index in [1.807, 2.05) is 37.0 Å². The van der Waals surface area contributed by atoms with Crippen LogP contribution in [0.2, 0.25) is 0 Å². The number of hydrogen-bond acceptors (Lipinski definition) is 4. The van der Waals surface area contributed by atoms with Crippen molar-refractivity contribution in [2.75, 3.05) is 13.1 Å². The molecule has 1 aromatic rings. The van der Waals surface area contributed by atoms with Crippen molar-refractivity contribution in [2.24, 2.45) is 0 Å². The van der Waals surface area contributed by atoms with Crippen molar-refractivity contribution in [3.8, 4) is 0 Å². The molecule has 2 heterocycles. The summed E-state index contributed by atoms with van der Waals surface area (Å²) in [6.07, 6.45) is 4.06. The summed E-state index contributed by atoms with van der Waals surface area (Å²) < 4.78 is 5.49. The van der Waals surface area contributed by atoms with Gasteiger partial charge in [-0.3, -0.25) is 0 Å². The summed E-state index contributed by atoms with van der Waals surface area (Å²) in [6.45, 7) is 10.5. The molecule has 1 amide bonds. The third-order valence-corrected chi connectivity index (χ3v) is 5.11. The lowest BCUT2D eigenvalue weighted by Gasteiger charge is -2.26. The van der Waals surface area contributed by atoms with Crippen molar-refractivity contribution < 1.29 is 9.53 Å². The monoisotopic (exact) mass is 338 g/mol. The second-order valence-electron chi connectivity index (χ2n) is 7.20. The molecule has 0 spiro atoms. The first-order valence-electron chi connectivity index (χ1n) is 8.65. The number of aryl methyl sites for hydroxylation is 1. The zero-order valence-corrected chi connectivity index (χ0v) is 15.7. The molecular weight excluding hydrogens is 308 g/mol. The molecule has 1 N–H and O–H groups in total. The van der Waals surface area contributed by atoms with Gasteiger partial charge in [-0.2, -0.15) is 0 Å². The van der Waals surface area contributed by atoms with E-state index >= 15 is 0 Å². The molecule has 1 saturated heterocycles. The fourth-order valence-electron chi connectivity index (χ4n) is 2.88. The van der Waals surface area contributed by atoms with Gasteiger partial charge in [-0.05, 0) is 63.5 Å². The maximum absolute atomic E-state index is 12.2. The third kappa shape index (κ3) is 5.81. The van der Waals surface area contributed by atoms with Gasteiger partial charge in [0, 0.05) is 30.6 Å². The van der Waals surface area contributed by atoms with Crippen LogP contribution in [0.1, 0.15) is 57.4 Å². The van der Waals surface area contributed by atoms with E-state index in [0.29, 0.717) is 6.04 Å². The number of likely N-dealkylation sites (tertiary alicyclic amines) is 1. The van der Waals surface area contributed by atoms with Crippen LogP contribution in [0.25, 0.3) is 0 Å². The van der Waals surface area contributed by atoms with Crippen LogP contribution in [-0.2, 0) is 17.7 Å². The van der Waals surface area contributed by atoms with E-state index in [-0.39, 0.29) is 6.09 Å². The summed E-state index contributed by atoms with van der Waals surface area (Å²) in [7, 11) is 0. The predicted molar refractivity (Wildman–Crippen MR) is 96.0 cm³/mol. The van der Waals surface area contributed by atoms with Crippen LogP contribution in [0.5, 0.6) is 0 Å². The molecule has 0 saturated carbocycles. The number of thiophene rings is 1. The van der Waals surface area contributed by atoms with E-state index in [0.717, 1.165) is 45.3 Å². The Hall–Kier alpha value is -1.07. The Bertz CT molecular complexity index is 507. The van der Waals surface area contributed by atoms with Gasteiger partial charge in [0.1, 0.15) is 5.60 Å². The largest absolute Gasteiger partial charge is 0.444 e. The molecule has 0 aromatic carbocycles. The van der Waals surface area contributed by atoms with Gasteiger partial charge in [0.2, 0.25) is 0 Å². The molecule has 1 atom stereocenters. The molecule has 2 rings (SSSR count). The highest BCUT2D eigenvalue weighted by atomic mass is 32.1. The molecule has 4 nitrogen and oxygen atoms in total. The number of nitrogens with one attached hydrogen (secondary N) is 1. The molecular formula is C18H30N2O2S. The van der Waals surface area contributed by atoms with Gasteiger partial charge in [-0.1, -0.05) is 6.92 Å². The van der Waals surface area contributed by atoms with Crippen LogP contribution < -0.4 is 5.32 Å². The van der Waals surface area contributed by atoms with Crippen LogP contribution >= 0.6 is 11.3 Å². The second kappa shape index (κ2) is 8.15. The van der Waals surface area contributed by atoms with Crippen LogP contribution in [-0.4, -0.2) is 35.7 Å².